The van der Waals surface area contributed by atoms with Crippen LogP contribution >= 0.6 is 11.6 Å². The van der Waals surface area contributed by atoms with Crippen LogP contribution < -0.4 is 10.9 Å². The molecule has 0 saturated carbocycles. The summed E-state index contributed by atoms with van der Waals surface area (Å²) in [7, 11) is 0. The number of rotatable bonds is 3. The number of pyridine rings is 1. The van der Waals surface area contributed by atoms with Gasteiger partial charge in [-0.1, -0.05) is 0 Å². The highest BCUT2D eigenvalue weighted by Crippen LogP contribution is 2.12. The minimum atomic E-state index is -0.455. The minimum absolute atomic E-state index is 0.0678. The molecule has 0 saturated heterocycles. The Balaban J connectivity index is 2.06. The number of amides is 1. The zero-order chi connectivity index (χ0) is 13.1. The van der Waals surface area contributed by atoms with E-state index in [1.807, 2.05) is 0 Å². The molecule has 2 N–H and O–H groups in total. The van der Waals surface area contributed by atoms with Gasteiger partial charge in [-0.05, 0) is 42.8 Å². The number of nitrogens with one attached hydrogen (secondary N) is 2. The normalized spacial score (nSPS) is 10.3. The van der Waals surface area contributed by atoms with Crippen molar-refractivity contribution in [1.82, 2.24) is 10.3 Å². The molecular formula is C12H11ClN2O3. The first-order valence-electron chi connectivity index (χ1n) is 5.28. The second kappa shape index (κ2) is 5.10. The number of hydrogen-bond donors (Lipinski definition) is 2. The number of carbonyl (C=O) groups excluding carboxylic acids is 1. The van der Waals surface area contributed by atoms with E-state index in [-0.39, 0.29) is 17.3 Å². The highest BCUT2D eigenvalue weighted by molar-refractivity contribution is 6.28. The van der Waals surface area contributed by atoms with Crippen LogP contribution in [0.2, 0.25) is 5.22 Å². The summed E-state index contributed by atoms with van der Waals surface area (Å²) in [6, 6.07) is 6.39. The molecule has 0 aliphatic rings. The summed E-state index contributed by atoms with van der Waals surface area (Å²) in [5, 5.41) is 2.83. The molecule has 2 heterocycles. The number of halogens is 1. The molecule has 0 atom stereocenters. The lowest BCUT2D eigenvalue weighted by atomic mass is 10.2. The Hall–Kier alpha value is -2.01. The highest BCUT2D eigenvalue weighted by atomic mass is 35.5. The van der Waals surface area contributed by atoms with Gasteiger partial charge in [-0.15, -0.1) is 0 Å². The largest absolute Gasteiger partial charge is 0.448 e. The van der Waals surface area contributed by atoms with E-state index in [4.69, 9.17) is 16.0 Å². The number of carbonyl (C=O) groups is 1. The summed E-state index contributed by atoms with van der Waals surface area (Å²) in [5.41, 5.74) is 0.359. The molecule has 94 valence electrons. The minimum Gasteiger partial charge on any atom is -0.448 e. The van der Waals surface area contributed by atoms with Crippen LogP contribution in [-0.2, 0) is 6.54 Å². The molecule has 2 rings (SSSR count). The van der Waals surface area contributed by atoms with Crippen molar-refractivity contribution in [1.29, 1.82) is 0 Å². The molecule has 0 spiro atoms. The van der Waals surface area contributed by atoms with E-state index in [2.05, 4.69) is 10.3 Å². The number of aromatic nitrogens is 1. The van der Waals surface area contributed by atoms with Crippen LogP contribution in [0.15, 0.2) is 33.5 Å². The Labute approximate surface area is 108 Å². The van der Waals surface area contributed by atoms with E-state index in [1.165, 1.54) is 6.07 Å². The molecule has 0 bridgehead atoms. The van der Waals surface area contributed by atoms with Crippen LogP contribution in [0.4, 0.5) is 0 Å². The molecule has 5 nitrogen and oxygen atoms in total. The summed E-state index contributed by atoms with van der Waals surface area (Å²) in [6.07, 6.45) is 0. The molecule has 0 radical (unpaired) electrons. The van der Waals surface area contributed by atoms with Crippen LogP contribution in [0.25, 0.3) is 0 Å². The van der Waals surface area contributed by atoms with Gasteiger partial charge in [0, 0.05) is 5.69 Å². The summed E-state index contributed by atoms with van der Waals surface area (Å²) in [5.74, 6) is 0.0701. The van der Waals surface area contributed by atoms with Gasteiger partial charge in [0.15, 0.2) is 5.22 Å². The second-order valence-electron chi connectivity index (χ2n) is 3.77. The average Bonchev–Trinajstić information content (AvgIpc) is 2.72. The SMILES string of the molecule is Cc1ccc(C(=O)NCc2ccc(Cl)o2)c(=O)[nH]1. The fourth-order valence-corrected chi connectivity index (χ4v) is 1.62. The van der Waals surface area contributed by atoms with Crippen molar-refractivity contribution in [2.75, 3.05) is 0 Å². The quantitative estimate of drug-likeness (QED) is 0.890. The first-order chi connectivity index (χ1) is 8.56. The maximum Gasteiger partial charge on any atom is 0.260 e. The lowest BCUT2D eigenvalue weighted by molar-refractivity contribution is 0.0946. The van der Waals surface area contributed by atoms with E-state index in [0.717, 1.165) is 0 Å². The third-order valence-electron chi connectivity index (χ3n) is 2.35. The fraction of sp³-hybridized carbons (Fsp3) is 0.167. The number of furan rings is 1. The summed E-state index contributed by atoms with van der Waals surface area (Å²) >= 11 is 5.60. The van der Waals surface area contributed by atoms with Crippen molar-refractivity contribution >= 4 is 17.5 Å². The molecule has 0 aromatic carbocycles. The topological polar surface area (TPSA) is 75.1 Å². The zero-order valence-electron chi connectivity index (χ0n) is 9.62. The monoisotopic (exact) mass is 266 g/mol. The van der Waals surface area contributed by atoms with Crippen molar-refractivity contribution in [3.63, 3.8) is 0 Å². The lowest BCUT2D eigenvalue weighted by Crippen LogP contribution is -2.29. The van der Waals surface area contributed by atoms with Gasteiger partial charge in [0.05, 0.1) is 6.54 Å². The van der Waals surface area contributed by atoms with Crippen molar-refractivity contribution in [2.45, 2.75) is 13.5 Å². The summed E-state index contributed by atoms with van der Waals surface area (Å²) in [6.45, 7) is 1.92. The van der Waals surface area contributed by atoms with Crippen molar-refractivity contribution < 1.29 is 9.21 Å². The van der Waals surface area contributed by atoms with Crippen LogP contribution in [-0.4, -0.2) is 10.9 Å². The molecular weight excluding hydrogens is 256 g/mol. The van der Waals surface area contributed by atoms with Crippen molar-refractivity contribution in [2.24, 2.45) is 0 Å². The first kappa shape index (κ1) is 12.4. The molecule has 0 unspecified atom stereocenters. The van der Waals surface area contributed by atoms with Crippen LogP contribution in [0.5, 0.6) is 0 Å². The van der Waals surface area contributed by atoms with Crippen LogP contribution in [0.3, 0.4) is 0 Å². The Kier molecular flexibility index (Phi) is 3.53. The van der Waals surface area contributed by atoms with Gasteiger partial charge in [-0.2, -0.15) is 0 Å². The molecule has 1 amide bonds. The fourth-order valence-electron chi connectivity index (χ4n) is 1.46. The van der Waals surface area contributed by atoms with Gasteiger partial charge in [-0.3, -0.25) is 9.59 Å². The maximum atomic E-state index is 11.8. The van der Waals surface area contributed by atoms with Gasteiger partial charge >= 0.3 is 0 Å². The van der Waals surface area contributed by atoms with Gasteiger partial charge in [0.1, 0.15) is 11.3 Å². The second-order valence-corrected chi connectivity index (χ2v) is 4.15. The molecule has 0 aliphatic carbocycles. The average molecular weight is 267 g/mol. The number of hydrogen-bond acceptors (Lipinski definition) is 3. The molecule has 2 aromatic heterocycles. The van der Waals surface area contributed by atoms with Crippen LogP contribution in [0.1, 0.15) is 21.8 Å². The molecule has 0 aliphatic heterocycles. The third kappa shape index (κ3) is 2.81. The van der Waals surface area contributed by atoms with E-state index in [0.29, 0.717) is 11.5 Å². The third-order valence-corrected chi connectivity index (χ3v) is 2.56. The van der Waals surface area contributed by atoms with Gasteiger partial charge in [0.2, 0.25) is 0 Å². The Bertz CT molecular complexity index is 630. The molecule has 0 fully saturated rings. The van der Waals surface area contributed by atoms with Gasteiger partial charge < -0.3 is 14.7 Å². The first-order valence-corrected chi connectivity index (χ1v) is 5.66. The van der Waals surface area contributed by atoms with E-state index in [1.54, 1.807) is 25.1 Å². The lowest BCUT2D eigenvalue weighted by Gasteiger charge is -2.02. The number of aromatic amines is 1. The molecule has 18 heavy (non-hydrogen) atoms. The number of H-pyrrole nitrogens is 1. The summed E-state index contributed by atoms with van der Waals surface area (Å²) < 4.78 is 5.08. The maximum absolute atomic E-state index is 11.8. The smallest absolute Gasteiger partial charge is 0.260 e. The predicted molar refractivity (Wildman–Crippen MR) is 66.7 cm³/mol. The van der Waals surface area contributed by atoms with Crippen molar-refractivity contribution in [3.8, 4) is 0 Å². The Morgan fingerprint density at radius 2 is 2.17 bits per heavy atom. The van der Waals surface area contributed by atoms with Gasteiger partial charge in [-0.25, -0.2) is 0 Å². The number of aryl methyl sites for hydroxylation is 1. The van der Waals surface area contributed by atoms with Crippen LogP contribution in [0, 0.1) is 6.92 Å². The Morgan fingerprint density at radius 1 is 1.39 bits per heavy atom. The highest BCUT2D eigenvalue weighted by Gasteiger charge is 2.10. The van der Waals surface area contributed by atoms with Gasteiger partial charge in [0.25, 0.3) is 11.5 Å². The summed E-state index contributed by atoms with van der Waals surface area (Å²) in [4.78, 5) is 25.8. The molecule has 6 heteroatoms. The Morgan fingerprint density at radius 3 is 2.78 bits per heavy atom. The van der Waals surface area contributed by atoms with E-state index in [9.17, 15) is 9.59 Å². The van der Waals surface area contributed by atoms with E-state index < -0.39 is 11.5 Å². The standard InChI is InChI=1S/C12H11ClN2O3/c1-7-2-4-9(12(17)15-7)11(16)14-6-8-3-5-10(13)18-8/h2-5H,6H2,1H3,(H,14,16)(H,15,17). The molecule has 2 aromatic rings. The predicted octanol–water partition coefficient (Wildman–Crippen LogP) is 1.86. The zero-order valence-corrected chi connectivity index (χ0v) is 10.4. The van der Waals surface area contributed by atoms with Crippen molar-refractivity contribution in [3.05, 3.63) is 56.9 Å². The van der Waals surface area contributed by atoms with E-state index >= 15 is 0 Å².